The summed E-state index contributed by atoms with van der Waals surface area (Å²) < 4.78 is 6.72. The molecule has 0 aliphatic rings. The zero-order valence-corrected chi connectivity index (χ0v) is 13.9. The standard InChI is InChI=1S/C17H20N6O3/c18-17(19,20)26-16-21-15(13-5-1-11(9-24)2-6-13)23(22-16)14-7-3-12(10-25)4-8-14/h1-8,24-25H,9-10,18-20H2. The summed E-state index contributed by atoms with van der Waals surface area (Å²) >= 11 is 0. The molecular formula is C17H20N6O3. The molecule has 0 aliphatic heterocycles. The summed E-state index contributed by atoms with van der Waals surface area (Å²) in [5, 5.41) is 22.7. The Morgan fingerprint density at radius 1 is 0.885 bits per heavy atom. The van der Waals surface area contributed by atoms with Gasteiger partial charge < -0.3 is 14.9 Å². The molecule has 3 rings (SSSR count). The third-order valence-corrected chi connectivity index (χ3v) is 3.61. The lowest BCUT2D eigenvalue weighted by Crippen LogP contribution is -2.62. The van der Waals surface area contributed by atoms with Gasteiger partial charge in [-0.15, -0.1) is 5.10 Å². The zero-order chi connectivity index (χ0) is 18.7. The maximum atomic E-state index is 9.20. The summed E-state index contributed by atoms with van der Waals surface area (Å²) in [6.07, 6.45) is 0. The van der Waals surface area contributed by atoms with Gasteiger partial charge in [-0.3, -0.25) is 17.2 Å². The molecular weight excluding hydrogens is 336 g/mol. The third kappa shape index (κ3) is 4.04. The van der Waals surface area contributed by atoms with Gasteiger partial charge in [0, 0.05) is 5.56 Å². The number of ether oxygens (including phenoxy) is 1. The van der Waals surface area contributed by atoms with Crippen molar-refractivity contribution in [3.05, 3.63) is 59.7 Å². The van der Waals surface area contributed by atoms with Crippen LogP contribution in [0.15, 0.2) is 48.5 Å². The predicted molar refractivity (Wildman–Crippen MR) is 94.6 cm³/mol. The molecule has 2 aromatic carbocycles. The molecule has 0 spiro atoms. The SMILES string of the molecule is NC(N)(N)Oc1nc(-c2ccc(CO)cc2)n(-c2ccc(CO)cc2)n1. The van der Waals surface area contributed by atoms with Gasteiger partial charge in [-0.2, -0.15) is 4.98 Å². The van der Waals surface area contributed by atoms with E-state index < -0.39 is 5.97 Å². The van der Waals surface area contributed by atoms with Gasteiger partial charge in [-0.05, 0) is 23.3 Å². The fourth-order valence-corrected chi connectivity index (χ4v) is 2.36. The van der Waals surface area contributed by atoms with Crippen LogP contribution in [0.4, 0.5) is 0 Å². The molecule has 0 saturated heterocycles. The maximum absolute atomic E-state index is 9.20. The second-order valence-electron chi connectivity index (χ2n) is 5.77. The molecule has 0 fully saturated rings. The largest absolute Gasteiger partial charge is 0.413 e. The number of benzene rings is 2. The highest BCUT2D eigenvalue weighted by molar-refractivity contribution is 5.59. The first-order valence-corrected chi connectivity index (χ1v) is 7.82. The summed E-state index contributed by atoms with van der Waals surface area (Å²) in [6.45, 7) is -0.114. The van der Waals surface area contributed by atoms with Crippen LogP contribution in [0.5, 0.6) is 6.01 Å². The Kier molecular flexibility index (Phi) is 4.98. The molecule has 26 heavy (non-hydrogen) atoms. The molecule has 0 unspecified atom stereocenters. The first-order valence-electron chi connectivity index (χ1n) is 7.82. The number of aromatic nitrogens is 3. The Hall–Kier alpha value is -2.82. The lowest BCUT2D eigenvalue weighted by molar-refractivity contribution is 0.0782. The van der Waals surface area contributed by atoms with Crippen LogP contribution in [0.1, 0.15) is 11.1 Å². The van der Waals surface area contributed by atoms with Crippen LogP contribution in [0.25, 0.3) is 17.1 Å². The molecule has 0 saturated carbocycles. The Labute approximate surface area is 149 Å². The number of aliphatic hydroxyl groups excluding tert-OH is 2. The van der Waals surface area contributed by atoms with Gasteiger partial charge in [0.15, 0.2) is 5.82 Å². The van der Waals surface area contributed by atoms with Gasteiger partial charge in [0.2, 0.25) is 0 Å². The van der Waals surface area contributed by atoms with E-state index in [0.717, 1.165) is 16.7 Å². The summed E-state index contributed by atoms with van der Waals surface area (Å²) in [5.41, 5.74) is 19.4. The molecule has 136 valence electrons. The van der Waals surface area contributed by atoms with Crippen molar-refractivity contribution < 1.29 is 14.9 Å². The second kappa shape index (κ2) is 7.20. The van der Waals surface area contributed by atoms with E-state index in [0.29, 0.717) is 11.5 Å². The number of rotatable bonds is 6. The van der Waals surface area contributed by atoms with E-state index in [-0.39, 0.29) is 19.2 Å². The highest BCUT2D eigenvalue weighted by Crippen LogP contribution is 2.24. The predicted octanol–water partition coefficient (Wildman–Crippen LogP) is -0.215. The number of nitrogens with zero attached hydrogens (tertiary/aromatic N) is 3. The van der Waals surface area contributed by atoms with Gasteiger partial charge in [0.05, 0.1) is 18.9 Å². The molecule has 0 amide bonds. The van der Waals surface area contributed by atoms with Gasteiger partial charge >= 0.3 is 6.01 Å². The Morgan fingerprint density at radius 3 is 1.92 bits per heavy atom. The number of aliphatic hydroxyl groups is 2. The van der Waals surface area contributed by atoms with Gasteiger partial charge in [0.25, 0.3) is 5.97 Å². The van der Waals surface area contributed by atoms with Crippen LogP contribution >= 0.6 is 0 Å². The lowest BCUT2D eigenvalue weighted by atomic mass is 10.1. The highest BCUT2D eigenvalue weighted by atomic mass is 16.6. The molecule has 3 aromatic rings. The number of hydrogen-bond donors (Lipinski definition) is 5. The maximum Gasteiger partial charge on any atom is 0.340 e. The minimum Gasteiger partial charge on any atom is -0.413 e. The van der Waals surface area contributed by atoms with E-state index in [1.54, 1.807) is 53.2 Å². The van der Waals surface area contributed by atoms with Crippen molar-refractivity contribution in [1.29, 1.82) is 0 Å². The van der Waals surface area contributed by atoms with E-state index in [1.807, 2.05) is 0 Å². The van der Waals surface area contributed by atoms with E-state index in [4.69, 9.17) is 21.9 Å². The normalized spacial score (nSPS) is 11.6. The summed E-state index contributed by atoms with van der Waals surface area (Å²) in [5.74, 6) is -1.43. The van der Waals surface area contributed by atoms with Gasteiger partial charge in [0.1, 0.15) is 0 Å². The summed E-state index contributed by atoms with van der Waals surface area (Å²) in [4.78, 5) is 4.32. The fourth-order valence-electron chi connectivity index (χ4n) is 2.36. The molecule has 9 nitrogen and oxygen atoms in total. The highest BCUT2D eigenvalue weighted by Gasteiger charge is 2.21. The molecule has 0 radical (unpaired) electrons. The van der Waals surface area contributed by atoms with E-state index in [9.17, 15) is 10.2 Å². The minimum atomic E-state index is -1.91. The summed E-state index contributed by atoms with van der Waals surface area (Å²) in [6, 6.07) is 14.2. The number of hydrogen-bond acceptors (Lipinski definition) is 8. The van der Waals surface area contributed by atoms with Gasteiger partial charge in [-0.25, -0.2) is 4.68 Å². The van der Waals surface area contributed by atoms with Crippen molar-refractivity contribution in [1.82, 2.24) is 14.8 Å². The quantitative estimate of drug-likeness (QED) is 0.379. The molecule has 9 heteroatoms. The topological polar surface area (TPSA) is 158 Å². The molecule has 0 aliphatic carbocycles. The van der Waals surface area contributed by atoms with E-state index >= 15 is 0 Å². The first-order chi connectivity index (χ1) is 12.4. The second-order valence-corrected chi connectivity index (χ2v) is 5.77. The first kappa shape index (κ1) is 18.0. The van der Waals surface area contributed by atoms with Crippen LogP contribution in [0.3, 0.4) is 0 Å². The molecule has 0 bridgehead atoms. The van der Waals surface area contributed by atoms with Crippen molar-refractivity contribution in [2.45, 2.75) is 19.2 Å². The fraction of sp³-hybridized carbons (Fsp3) is 0.176. The Bertz CT molecular complexity index is 804. The average Bonchev–Trinajstić information content (AvgIpc) is 3.03. The van der Waals surface area contributed by atoms with Crippen molar-refractivity contribution >= 4 is 0 Å². The smallest absolute Gasteiger partial charge is 0.340 e. The zero-order valence-electron chi connectivity index (χ0n) is 13.9. The van der Waals surface area contributed by atoms with E-state index in [1.165, 1.54) is 0 Å². The lowest BCUT2D eigenvalue weighted by Gasteiger charge is -2.16. The van der Waals surface area contributed by atoms with Crippen molar-refractivity contribution in [2.75, 3.05) is 0 Å². The molecule has 1 heterocycles. The van der Waals surface area contributed by atoms with Crippen molar-refractivity contribution in [3.8, 4) is 23.1 Å². The Balaban J connectivity index is 2.07. The van der Waals surface area contributed by atoms with Gasteiger partial charge in [-0.1, -0.05) is 36.4 Å². The van der Waals surface area contributed by atoms with Crippen LogP contribution in [-0.4, -0.2) is 31.0 Å². The van der Waals surface area contributed by atoms with Crippen LogP contribution in [-0.2, 0) is 13.2 Å². The molecule has 1 aromatic heterocycles. The Morgan fingerprint density at radius 2 is 1.42 bits per heavy atom. The molecule has 0 atom stereocenters. The van der Waals surface area contributed by atoms with Crippen molar-refractivity contribution in [2.24, 2.45) is 17.2 Å². The van der Waals surface area contributed by atoms with Crippen LogP contribution in [0.2, 0.25) is 0 Å². The van der Waals surface area contributed by atoms with E-state index in [2.05, 4.69) is 10.1 Å². The van der Waals surface area contributed by atoms with Crippen LogP contribution < -0.4 is 21.9 Å². The average molecular weight is 356 g/mol. The van der Waals surface area contributed by atoms with Crippen molar-refractivity contribution in [3.63, 3.8) is 0 Å². The third-order valence-electron chi connectivity index (χ3n) is 3.61. The monoisotopic (exact) mass is 356 g/mol. The minimum absolute atomic E-state index is 0.0556. The molecule has 8 N–H and O–H groups in total. The summed E-state index contributed by atoms with van der Waals surface area (Å²) in [7, 11) is 0. The van der Waals surface area contributed by atoms with Crippen LogP contribution in [0, 0.1) is 0 Å². The number of nitrogens with two attached hydrogens (primary N) is 3.